The molecule has 0 bridgehead atoms. The summed E-state index contributed by atoms with van der Waals surface area (Å²) in [5.74, 6) is -0.0528. The van der Waals surface area contributed by atoms with Crippen molar-refractivity contribution in [2.24, 2.45) is 0 Å². The van der Waals surface area contributed by atoms with E-state index in [4.69, 9.17) is 13.9 Å². The standard InChI is InChI=1S/C17H23NO5/c1-12-8-16-14(10-15(12)19)13(9-17(20)23-16)11-18(4-6-21-2)5-7-22-3/h8-10,19H,4-7,11H2,1-3H3. The molecule has 0 fully saturated rings. The van der Waals surface area contributed by atoms with Crippen molar-refractivity contribution in [2.45, 2.75) is 13.5 Å². The highest BCUT2D eigenvalue weighted by atomic mass is 16.5. The molecule has 2 aromatic rings. The molecule has 0 aliphatic heterocycles. The Morgan fingerprint density at radius 2 is 1.78 bits per heavy atom. The first kappa shape index (κ1) is 17.5. The third kappa shape index (κ3) is 4.54. The van der Waals surface area contributed by atoms with Crippen molar-refractivity contribution in [3.05, 3.63) is 39.7 Å². The maximum absolute atomic E-state index is 11.9. The molecule has 0 aliphatic rings. The molecule has 1 aromatic heterocycles. The van der Waals surface area contributed by atoms with Crippen LogP contribution in [0.15, 0.2) is 27.4 Å². The highest BCUT2D eigenvalue weighted by molar-refractivity contribution is 5.82. The van der Waals surface area contributed by atoms with E-state index in [2.05, 4.69) is 0 Å². The number of aryl methyl sites for hydroxylation is 1. The Hall–Kier alpha value is -1.89. The van der Waals surface area contributed by atoms with Crippen LogP contribution >= 0.6 is 0 Å². The lowest BCUT2D eigenvalue weighted by Gasteiger charge is -2.20. The quantitative estimate of drug-likeness (QED) is 0.685. The first-order valence-electron chi connectivity index (χ1n) is 7.61. The van der Waals surface area contributed by atoms with Gasteiger partial charge in [-0.25, -0.2) is 4.79 Å². The molecule has 6 heteroatoms. The monoisotopic (exact) mass is 321 g/mol. The van der Waals surface area contributed by atoms with Crippen molar-refractivity contribution in [1.29, 1.82) is 0 Å². The molecule has 0 saturated carbocycles. The van der Waals surface area contributed by atoms with Gasteiger partial charge in [-0.1, -0.05) is 11.6 Å². The van der Waals surface area contributed by atoms with E-state index in [0.29, 0.717) is 36.3 Å². The molecule has 2 rings (SSSR count). The number of hydrogen-bond acceptors (Lipinski definition) is 5. The summed E-state index contributed by atoms with van der Waals surface area (Å²) in [7, 11) is 3.32. The van der Waals surface area contributed by atoms with Crippen LogP contribution in [0.2, 0.25) is 0 Å². The first-order valence-corrected chi connectivity index (χ1v) is 7.61. The van der Waals surface area contributed by atoms with Crippen molar-refractivity contribution in [3.8, 4) is 5.75 Å². The summed E-state index contributed by atoms with van der Waals surface area (Å²) in [6, 6.07) is 4.65. The SMILES string of the molecule is COCC[NH+](CCOC)Cc1cc(=O)oc2cc(C)c([O-])cc12. The molecule has 0 saturated heterocycles. The number of methoxy groups -OCH3 is 2. The van der Waals surface area contributed by atoms with Crippen molar-refractivity contribution in [2.75, 3.05) is 40.5 Å². The molecular formula is C17H23NO5. The molecule has 126 valence electrons. The van der Waals surface area contributed by atoms with Gasteiger partial charge in [-0.3, -0.25) is 0 Å². The number of benzene rings is 1. The molecule has 1 aromatic carbocycles. The summed E-state index contributed by atoms with van der Waals surface area (Å²) in [6.45, 7) is 5.13. The van der Waals surface area contributed by atoms with Gasteiger partial charge in [0.05, 0.1) is 13.2 Å². The van der Waals surface area contributed by atoms with Crippen LogP contribution in [0.4, 0.5) is 0 Å². The molecule has 0 atom stereocenters. The van der Waals surface area contributed by atoms with Gasteiger partial charge >= 0.3 is 5.63 Å². The van der Waals surface area contributed by atoms with E-state index in [1.807, 2.05) is 0 Å². The second kappa shape index (κ2) is 8.10. The largest absolute Gasteiger partial charge is 0.872 e. The normalized spacial score (nSPS) is 11.5. The summed E-state index contributed by atoms with van der Waals surface area (Å²) >= 11 is 0. The Kier molecular flexibility index (Phi) is 6.15. The highest BCUT2D eigenvalue weighted by Crippen LogP contribution is 2.23. The number of rotatable bonds is 8. The Labute approximate surface area is 135 Å². The zero-order chi connectivity index (χ0) is 16.8. The molecule has 1 N–H and O–H groups in total. The predicted octanol–water partition coefficient (Wildman–Crippen LogP) is -0.147. The third-order valence-electron chi connectivity index (χ3n) is 3.89. The van der Waals surface area contributed by atoms with Gasteiger partial charge in [-0.05, 0) is 13.0 Å². The average Bonchev–Trinajstić information content (AvgIpc) is 2.51. The van der Waals surface area contributed by atoms with E-state index in [9.17, 15) is 9.90 Å². The van der Waals surface area contributed by atoms with E-state index >= 15 is 0 Å². The maximum atomic E-state index is 11.9. The second-order valence-electron chi connectivity index (χ2n) is 5.62. The summed E-state index contributed by atoms with van der Waals surface area (Å²) in [6.07, 6.45) is 0. The van der Waals surface area contributed by atoms with Crippen LogP contribution in [0.1, 0.15) is 11.1 Å². The van der Waals surface area contributed by atoms with Gasteiger partial charge in [-0.15, -0.1) is 5.75 Å². The number of fused-ring (bicyclic) bond motifs is 1. The van der Waals surface area contributed by atoms with Gasteiger partial charge in [0, 0.05) is 31.2 Å². The van der Waals surface area contributed by atoms with Crippen LogP contribution in [0.5, 0.6) is 5.75 Å². The molecule has 23 heavy (non-hydrogen) atoms. The zero-order valence-electron chi connectivity index (χ0n) is 13.8. The third-order valence-corrected chi connectivity index (χ3v) is 3.89. The van der Waals surface area contributed by atoms with Crippen molar-refractivity contribution in [3.63, 3.8) is 0 Å². The molecule has 0 radical (unpaired) electrons. The van der Waals surface area contributed by atoms with Gasteiger partial charge in [0.15, 0.2) is 0 Å². The van der Waals surface area contributed by atoms with Gasteiger partial charge < -0.3 is 23.9 Å². The zero-order valence-corrected chi connectivity index (χ0v) is 13.8. The van der Waals surface area contributed by atoms with Gasteiger partial charge in [0.1, 0.15) is 25.2 Å². The van der Waals surface area contributed by atoms with E-state index in [0.717, 1.165) is 18.7 Å². The maximum Gasteiger partial charge on any atom is 0.336 e. The lowest BCUT2D eigenvalue weighted by molar-refractivity contribution is -0.914. The van der Waals surface area contributed by atoms with E-state index in [-0.39, 0.29) is 5.75 Å². The van der Waals surface area contributed by atoms with Crippen molar-refractivity contribution in [1.82, 2.24) is 0 Å². The fourth-order valence-corrected chi connectivity index (χ4v) is 2.56. The van der Waals surface area contributed by atoms with Gasteiger partial charge in [0.25, 0.3) is 0 Å². The molecule has 0 amide bonds. The van der Waals surface area contributed by atoms with Crippen LogP contribution in [0.25, 0.3) is 11.0 Å². The number of ether oxygens (including phenoxy) is 2. The summed E-state index contributed by atoms with van der Waals surface area (Å²) in [5, 5.41) is 12.6. The first-order chi connectivity index (χ1) is 11.0. The minimum Gasteiger partial charge on any atom is -0.872 e. The van der Waals surface area contributed by atoms with Crippen LogP contribution in [0, 0.1) is 6.92 Å². The minimum atomic E-state index is -0.400. The van der Waals surface area contributed by atoms with Crippen LogP contribution < -0.4 is 15.6 Å². The minimum absolute atomic E-state index is 0.0528. The fraction of sp³-hybridized carbons (Fsp3) is 0.471. The molecule has 1 heterocycles. The number of quaternary nitrogens is 1. The fourth-order valence-electron chi connectivity index (χ4n) is 2.56. The predicted molar refractivity (Wildman–Crippen MR) is 84.8 cm³/mol. The van der Waals surface area contributed by atoms with Gasteiger partial charge in [0.2, 0.25) is 0 Å². The Morgan fingerprint density at radius 1 is 1.13 bits per heavy atom. The van der Waals surface area contributed by atoms with Crippen LogP contribution in [0.3, 0.4) is 0 Å². The molecule has 0 unspecified atom stereocenters. The van der Waals surface area contributed by atoms with Crippen molar-refractivity contribution >= 4 is 11.0 Å². The lowest BCUT2D eigenvalue weighted by Crippen LogP contribution is -3.11. The lowest BCUT2D eigenvalue weighted by atomic mass is 10.1. The van der Waals surface area contributed by atoms with Gasteiger partial charge in [-0.2, -0.15) is 0 Å². The highest BCUT2D eigenvalue weighted by Gasteiger charge is 2.14. The Balaban J connectivity index is 2.36. The van der Waals surface area contributed by atoms with E-state index in [1.165, 1.54) is 11.0 Å². The molecule has 0 aliphatic carbocycles. The average molecular weight is 321 g/mol. The molecule has 6 nitrogen and oxygen atoms in total. The van der Waals surface area contributed by atoms with Crippen LogP contribution in [-0.4, -0.2) is 40.5 Å². The summed E-state index contributed by atoms with van der Waals surface area (Å²) in [5.41, 5.74) is 1.45. The number of nitrogens with one attached hydrogen (secondary N) is 1. The Morgan fingerprint density at radius 3 is 2.39 bits per heavy atom. The molecule has 0 spiro atoms. The second-order valence-corrected chi connectivity index (χ2v) is 5.62. The smallest absolute Gasteiger partial charge is 0.336 e. The number of hydrogen-bond donors (Lipinski definition) is 1. The molecular weight excluding hydrogens is 298 g/mol. The topological polar surface area (TPSA) is 76.2 Å². The summed E-state index contributed by atoms with van der Waals surface area (Å²) < 4.78 is 15.5. The van der Waals surface area contributed by atoms with E-state index in [1.54, 1.807) is 33.3 Å². The van der Waals surface area contributed by atoms with E-state index < -0.39 is 5.63 Å². The Bertz CT molecular complexity index is 702. The van der Waals surface area contributed by atoms with Crippen molar-refractivity contribution < 1.29 is 23.9 Å². The van der Waals surface area contributed by atoms with Crippen LogP contribution in [-0.2, 0) is 16.0 Å². The summed E-state index contributed by atoms with van der Waals surface area (Å²) in [4.78, 5) is 13.0.